The molecule has 6 nitrogen and oxygen atoms in total. The highest BCUT2D eigenvalue weighted by Gasteiger charge is 2.22. The Morgan fingerprint density at radius 1 is 1.09 bits per heavy atom. The maximum absolute atomic E-state index is 12.5. The molecule has 0 spiro atoms. The fourth-order valence-corrected chi connectivity index (χ4v) is 4.09. The van der Waals surface area contributed by atoms with E-state index in [4.69, 9.17) is 4.74 Å². The van der Waals surface area contributed by atoms with E-state index in [2.05, 4.69) is 27.4 Å². The standard InChI is InChI=1S/C26H30N4O2/c1-32-24-13-11-22(12-14-24)25(29-16-6-3-7-17-29)19-27-26(31)15-10-21-18-28-30(20-21)23-8-4-2-5-9-23/h2,4-5,8-15,18,20,25H,3,6-7,16-17,19H2,1H3,(H,27,31)/b15-10+. The highest BCUT2D eigenvalue weighted by molar-refractivity contribution is 5.91. The highest BCUT2D eigenvalue weighted by atomic mass is 16.5. The van der Waals surface area contributed by atoms with E-state index in [0.29, 0.717) is 6.54 Å². The molecule has 0 radical (unpaired) electrons. The molecule has 1 fully saturated rings. The van der Waals surface area contributed by atoms with Gasteiger partial charge in [0.05, 0.1) is 25.0 Å². The first-order valence-electron chi connectivity index (χ1n) is 11.2. The molecule has 3 aromatic rings. The lowest BCUT2D eigenvalue weighted by molar-refractivity contribution is -0.116. The first kappa shape index (κ1) is 21.8. The molecule has 6 heteroatoms. The maximum atomic E-state index is 12.5. The summed E-state index contributed by atoms with van der Waals surface area (Å²) >= 11 is 0. The zero-order valence-electron chi connectivity index (χ0n) is 18.5. The van der Waals surface area contributed by atoms with Crippen LogP contribution in [0.25, 0.3) is 11.8 Å². The van der Waals surface area contributed by atoms with Crippen LogP contribution in [0.1, 0.15) is 36.4 Å². The number of para-hydroxylation sites is 1. The Morgan fingerprint density at radius 3 is 2.56 bits per heavy atom. The van der Waals surface area contributed by atoms with Crippen molar-refractivity contribution in [3.63, 3.8) is 0 Å². The van der Waals surface area contributed by atoms with Crippen LogP contribution < -0.4 is 10.1 Å². The third-order valence-corrected chi connectivity index (χ3v) is 5.85. The normalized spacial score (nSPS) is 15.5. The Hall–Kier alpha value is -3.38. The number of methoxy groups -OCH3 is 1. The molecular weight excluding hydrogens is 400 g/mol. The van der Waals surface area contributed by atoms with Crippen molar-refractivity contribution in [1.29, 1.82) is 0 Å². The van der Waals surface area contributed by atoms with E-state index in [-0.39, 0.29) is 11.9 Å². The number of benzene rings is 2. The molecule has 32 heavy (non-hydrogen) atoms. The average Bonchev–Trinajstić information content (AvgIpc) is 3.34. The minimum atomic E-state index is -0.104. The van der Waals surface area contributed by atoms with Gasteiger partial charge in [-0.1, -0.05) is 36.8 Å². The van der Waals surface area contributed by atoms with Gasteiger partial charge in [0.25, 0.3) is 0 Å². The average molecular weight is 431 g/mol. The van der Waals surface area contributed by atoms with Crippen molar-refractivity contribution >= 4 is 12.0 Å². The molecule has 2 heterocycles. The Morgan fingerprint density at radius 2 is 1.84 bits per heavy atom. The number of carbonyl (C=O) groups excluding carboxylic acids is 1. The summed E-state index contributed by atoms with van der Waals surface area (Å²) in [5, 5.41) is 7.46. The number of nitrogens with one attached hydrogen (secondary N) is 1. The van der Waals surface area contributed by atoms with Gasteiger partial charge in [-0.2, -0.15) is 5.10 Å². The number of aromatic nitrogens is 2. The minimum absolute atomic E-state index is 0.104. The maximum Gasteiger partial charge on any atom is 0.244 e. The Balaban J connectivity index is 1.39. The van der Waals surface area contributed by atoms with E-state index in [1.54, 1.807) is 30.1 Å². The third kappa shape index (κ3) is 5.65. The Kier molecular flexibility index (Phi) is 7.35. The Labute approximate surface area is 189 Å². The zero-order chi connectivity index (χ0) is 22.2. The summed E-state index contributed by atoms with van der Waals surface area (Å²) in [5.41, 5.74) is 3.06. The molecule has 0 aliphatic carbocycles. The van der Waals surface area contributed by atoms with Crippen molar-refractivity contribution in [2.24, 2.45) is 0 Å². The van der Waals surface area contributed by atoms with Gasteiger partial charge in [-0.05, 0) is 61.8 Å². The van der Waals surface area contributed by atoms with Crippen molar-refractivity contribution in [3.05, 3.63) is 84.2 Å². The molecule has 1 aliphatic heterocycles. The number of nitrogens with zero attached hydrogens (tertiary/aromatic N) is 3. The number of piperidine rings is 1. The van der Waals surface area contributed by atoms with Gasteiger partial charge in [0.15, 0.2) is 0 Å². The summed E-state index contributed by atoms with van der Waals surface area (Å²) in [4.78, 5) is 15.0. The quantitative estimate of drug-likeness (QED) is 0.543. The van der Waals surface area contributed by atoms with Crippen LogP contribution in [0.4, 0.5) is 0 Å². The smallest absolute Gasteiger partial charge is 0.244 e. The molecule has 1 unspecified atom stereocenters. The summed E-state index contributed by atoms with van der Waals surface area (Å²) in [6.07, 6.45) is 10.7. The Bertz CT molecular complexity index is 1020. The number of rotatable bonds is 8. The number of ether oxygens (including phenoxy) is 1. The van der Waals surface area contributed by atoms with E-state index in [9.17, 15) is 4.79 Å². The lowest BCUT2D eigenvalue weighted by Gasteiger charge is -2.35. The number of likely N-dealkylation sites (tertiary alicyclic amines) is 1. The van der Waals surface area contributed by atoms with Crippen LogP contribution in [0.3, 0.4) is 0 Å². The van der Waals surface area contributed by atoms with E-state index in [1.807, 2.05) is 48.7 Å². The molecule has 4 rings (SSSR count). The van der Waals surface area contributed by atoms with Crippen molar-refractivity contribution in [3.8, 4) is 11.4 Å². The summed E-state index contributed by atoms with van der Waals surface area (Å²) in [5.74, 6) is 0.738. The second-order valence-corrected chi connectivity index (χ2v) is 8.02. The lowest BCUT2D eigenvalue weighted by Crippen LogP contribution is -2.40. The van der Waals surface area contributed by atoms with Crippen LogP contribution >= 0.6 is 0 Å². The predicted octanol–water partition coefficient (Wildman–Crippen LogP) is 4.24. The van der Waals surface area contributed by atoms with Crippen LogP contribution in [0.5, 0.6) is 5.75 Å². The van der Waals surface area contributed by atoms with Gasteiger partial charge in [0, 0.05) is 24.4 Å². The van der Waals surface area contributed by atoms with Crippen LogP contribution in [-0.4, -0.2) is 47.3 Å². The number of amides is 1. The molecule has 1 aliphatic rings. The number of carbonyl (C=O) groups is 1. The van der Waals surface area contributed by atoms with E-state index in [0.717, 1.165) is 30.1 Å². The van der Waals surface area contributed by atoms with Gasteiger partial charge >= 0.3 is 0 Å². The number of hydrogen-bond acceptors (Lipinski definition) is 4. The molecule has 1 N–H and O–H groups in total. The van der Waals surface area contributed by atoms with Crippen molar-refractivity contribution < 1.29 is 9.53 Å². The first-order chi connectivity index (χ1) is 15.7. The molecule has 0 saturated carbocycles. The molecule has 2 aromatic carbocycles. The van der Waals surface area contributed by atoms with Crippen molar-refractivity contribution in [1.82, 2.24) is 20.0 Å². The molecule has 1 saturated heterocycles. The highest BCUT2D eigenvalue weighted by Crippen LogP contribution is 2.26. The fraction of sp³-hybridized carbons (Fsp3) is 0.308. The SMILES string of the molecule is COc1ccc(C(CNC(=O)/C=C/c2cnn(-c3ccccc3)c2)N2CCCCC2)cc1. The van der Waals surface area contributed by atoms with Crippen molar-refractivity contribution in [2.45, 2.75) is 25.3 Å². The van der Waals surface area contributed by atoms with Crippen LogP contribution in [0, 0.1) is 0 Å². The summed E-state index contributed by atoms with van der Waals surface area (Å²) in [6, 6.07) is 18.2. The molecular formula is C26H30N4O2. The van der Waals surface area contributed by atoms with E-state index in [1.165, 1.54) is 24.8 Å². The van der Waals surface area contributed by atoms with E-state index >= 15 is 0 Å². The lowest BCUT2D eigenvalue weighted by atomic mass is 10.0. The fourth-order valence-electron chi connectivity index (χ4n) is 4.09. The van der Waals surface area contributed by atoms with Gasteiger partial charge in [-0.25, -0.2) is 4.68 Å². The minimum Gasteiger partial charge on any atom is -0.497 e. The van der Waals surface area contributed by atoms with E-state index < -0.39 is 0 Å². The second kappa shape index (κ2) is 10.8. The predicted molar refractivity (Wildman–Crippen MR) is 127 cm³/mol. The number of hydrogen-bond donors (Lipinski definition) is 1. The van der Waals surface area contributed by atoms with Crippen LogP contribution in [-0.2, 0) is 4.79 Å². The monoisotopic (exact) mass is 430 g/mol. The molecule has 1 atom stereocenters. The van der Waals surface area contributed by atoms with Gasteiger partial charge in [0.1, 0.15) is 5.75 Å². The van der Waals surface area contributed by atoms with Gasteiger partial charge < -0.3 is 10.1 Å². The summed E-state index contributed by atoms with van der Waals surface area (Å²) < 4.78 is 7.10. The first-order valence-corrected chi connectivity index (χ1v) is 11.2. The summed E-state index contributed by atoms with van der Waals surface area (Å²) in [6.45, 7) is 2.68. The zero-order valence-corrected chi connectivity index (χ0v) is 18.5. The van der Waals surface area contributed by atoms with Crippen LogP contribution in [0.15, 0.2) is 73.1 Å². The van der Waals surface area contributed by atoms with Crippen molar-refractivity contribution in [2.75, 3.05) is 26.7 Å². The van der Waals surface area contributed by atoms with Gasteiger partial charge in [-0.3, -0.25) is 9.69 Å². The third-order valence-electron chi connectivity index (χ3n) is 5.85. The van der Waals surface area contributed by atoms with Crippen LogP contribution in [0.2, 0.25) is 0 Å². The topological polar surface area (TPSA) is 59.4 Å². The van der Waals surface area contributed by atoms with Gasteiger partial charge in [0.2, 0.25) is 5.91 Å². The second-order valence-electron chi connectivity index (χ2n) is 8.02. The van der Waals surface area contributed by atoms with Gasteiger partial charge in [-0.15, -0.1) is 0 Å². The molecule has 166 valence electrons. The molecule has 1 amide bonds. The summed E-state index contributed by atoms with van der Waals surface area (Å²) in [7, 11) is 1.67. The molecule has 1 aromatic heterocycles. The largest absolute Gasteiger partial charge is 0.497 e. The molecule has 0 bridgehead atoms.